The van der Waals surface area contributed by atoms with Gasteiger partial charge in [0, 0.05) is 6.04 Å². The Morgan fingerprint density at radius 2 is 1.94 bits per heavy atom. The first-order valence-electron chi connectivity index (χ1n) is 6.70. The maximum Gasteiger partial charge on any atom is 0.237 e. The Hall–Kier alpha value is -0.220. The number of unbranched alkanes of at least 4 members (excludes halogenated alkanes) is 1. The molecule has 0 aliphatic carbocycles. The molecular formula is C13H28N2OS. The standard InChI is InChI=1S/C13H28N2OS/c1-4-6-8-11(7-5-2)15-13(16)12(14)9-10-17-3/h11-12H,4-10,14H2,1-3H3,(H,15,16)/t11?,12-/m0/s1. The summed E-state index contributed by atoms with van der Waals surface area (Å²) in [7, 11) is 0. The molecule has 0 aliphatic heterocycles. The van der Waals surface area contributed by atoms with Gasteiger partial charge in [-0.2, -0.15) is 11.8 Å². The van der Waals surface area contributed by atoms with Crippen molar-refractivity contribution in [2.45, 2.75) is 64.5 Å². The zero-order valence-corrected chi connectivity index (χ0v) is 12.3. The molecule has 102 valence electrons. The van der Waals surface area contributed by atoms with E-state index in [1.807, 2.05) is 6.26 Å². The number of nitrogens with two attached hydrogens (primary N) is 1. The Labute approximate surface area is 110 Å². The van der Waals surface area contributed by atoms with Gasteiger partial charge in [-0.3, -0.25) is 4.79 Å². The Morgan fingerprint density at radius 1 is 1.24 bits per heavy atom. The van der Waals surface area contributed by atoms with Crippen LogP contribution in [0.4, 0.5) is 0 Å². The third-order valence-electron chi connectivity index (χ3n) is 2.86. The third kappa shape index (κ3) is 8.50. The largest absolute Gasteiger partial charge is 0.352 e. The molecular weight excluding hydrogens is 232 g/mol. The lowest BCUT2D eigenvalue weighted by molar-refractivity contribution is -0.123. The van der Waals surface area contributed by atoms with Crippen molar-refractivity contribution in [1.29, 1.82) is 0 Å². The fourth-order valence-corrected chi connectivity index (χ4v) is 2.26. The molecule has 0 rings (SSSR count). The van der Waals surface area contributed by atoms with Crippen LogP contribution in [0.2, 0.25) is 0 Å². The van der Waals surface area contributed by atoms with Crippen LogP contribution in [0.25, 0.3) is 0 Å². The highest BCUT2D eigenvalue weighted by Gasteiger charge is 2.16. The van der Waals surface area contributed by atoms with Gasteiger partial charge in [0.1, 0.15) is 0 Å². The highest BCUT2D eigenvalue weighted by Crippen LogP contribution is 2.07. The first-order chi connectivity index (χ1) is 8.15. The minimum atomic E-state index is -0.344. The zero-order chi connectivity index (χ0) is 13.1. The van der Waals surface area contributed by atoms with Crippen LogP contribution >= 0.6 is 11.8 Å². The molecule has 0 spiro atoms. The van der Waals surface area contributed by atoms with Crippen LogP contribution in [-0.2, 0) is 4.79 Å². The lowest BCUT2D eigenvalue weighted by atomic mass is 10.0. The van der Waals surface area contributed by atoms with E-state index in [4.69, 9.17) is 5.73 Å². The molecule has 0 aromatic rings. The number of nitrogens with one attached hydrogen (secondary N) is 1. The minimum absolute atomic E-state index is 0.0219. The Balaban J connectivity index is 4.00. The van der Waals surface area contributed by atoms with Gasteiger partial charge in [-0.1, -0.05) is 33.1 Å². The summed E-state index contributed by atoms with van der Waals surface area (Å²) < 4.78 is 0. The average Bonchev–Trinajstić information content (AvgIpc) is 2.33. The van der Waals surface area contributed by atoms with Crippen molar-refractivity contribution < 1.29 is 4.79 Å². The van der Waals surface area contributed by atoms with E-state index < -0.39 is 0 Å². The molecule has 1 amide bonds. The van der Waals surface area contributed by atoms with Crippen molar-refractivity contribution in [3.8, 4) is 0 Å². The SMILES string of the molecule is CCCCC(CCC)NC(=O)[C@@H](N)CCSC. The minimum Gasteiger partial charge on any atom is -0.352 e. The van der Waals surface area contributed by atoms with Crippen LogP contribution in [0.3, 0.4) is 0 Å². The van der Waals surface area contributed by atoms with Crippen LogP contribution in [0.5, 0.6) is 0 Å². The van der Waals surface area contributed by atoms with Gasteiger partial charge in [0.2, 0.25) is 5.91 Å². The average molecular weight is 260 g/mol. The summed E-state index contributed by atoms with van der Waals surface area (Å²) >= 11 is 1.73. The molecule has 0 aromatic heterocycles. The monoisotopic (exact) mass is 260 g/mol. The van der Waals surface area contributed by atoms with E-state index in [1.165, 1.54) is 12.8 Å². The van der Waals surface area contributed by atoms with Crippen LogP contribution in [0.1, 0.15) is 52.4 Å². The number of amides is 1. The van der Waals surface area contributed by atoms with E-state index in [1.54, 1.807) is 11.8 Å². The summed E-state index contributed by atoms with van der Waals surface area (Å²) in [4.78, 5) is 11.9. The van der Waals surface area contributed by atoms with Gasteiger partial charge in [-0.25, -0.2) is 0 Å². The van der Waals surface area contributed by atoms with Crippen molar-refractivity contribution in [3.63, 3.8) is 0 Å². The molecule has 4 heteroatoms. The van der Waals surface area contributed by atoms with Crippen LogP contribution < -0.4 is 11.1 Å². The molecule has 17 heavy (non-hydrogen) atoms. The summed E-state index contributed by atoms with van der Waals surface area (Å²) in [5.74, 6) is 0.968. The third-order valence-corrected chi connectivity index (χ3v) is 3.50. The van der Waals surface area contributed by atoms with Gasteiger partial charge in [-0.15, -0.1) is 0 Å². The Morgan fingerprint density at radius 3 is 2.47 bits per heavy atom. The van der Waals surface area contributed by atoms with Gasteiger partial charge in [0.15, 0.2) is 0 Å². The highest BCUT2D eigenvalue weighted by molar-refractivity contribution is 7.98. The van der Waals surface area contributed by atoms with E-state index in [-0.39, 0.29) is 11.9 Å². The molecule has 0 radical (unpaired) electrons. The van der Waals surface area contributed by atoms with Crippen molar-refractivity contribution in [2.24, 2.45) is 5.73 Å². The lowest BCUT2D eigenvalue weighted by Crippen LogP contribution is -2.45. The number of carbonyl (C=O) groups is 1. The number of rotatable bonds is 10. The summed E-state index contributed by atoms with van der Waals surface area (Å²) in [5.41, 5.74) is 5.85. The van der Waals surface area contributed by atoms with E-state index in [9.17, 15) is 4.79 Å². The van der Waals surface area contributed by atoms with Crippen LogP contribution in [-0.4, -0.2) is 30.0 Å². The maximum atomic E-state index is 11.9. The van der Waals surface area contributed by atoms with Gasteiger partial charge in [-0.05, 0) is 31.3 Å². The second-order valence-electron chi connectivity index (χ2n) is 4.52. The second-order valence-corrected chi connectivity index (χ2v) is 5.51. The van der Waals surface area contributed by atoms with Gasteiger partial charge in [0.25, 0.3) is 0 Å². The summed E-state index contributed by atoms with van der Waals surface area (Å²) in [6, 6.07) is -0.0313. The number of thioether (sulfide) groups is 1. The summed E-state index contributed by atoms with van der Waals surface area (Å²) in [6.45, 7) is 4.33. The maximum absolute atomic E-state index is 11.9. The molecule has 0 aromatic carbocycles. The molecule has 0 saturated heterocycles. The topological polar surface area (TPSA) is 55.1 Å². The normalized spacial score (nSPS) is 14.4. The highest BCUT2D eigenvalue weighted by atomic mass is 32.2. The second kappa shape index (κ2) is 10.9. The smallest absolute Gasteiger partial charge is 0.237 e. The predicted octanol–water partition coefficient (Wildman–Crippen LogP) is 2.54. The molecule has 0 fully saturated rings. The number of carbonyl (C=O) groups excluding carboxylic acids is 1. The molecule has 0 aliphatic rings. The zero-order valence-electron chi connectivity index (χ0n) is 11.5. The van der Waals surface area contributed by atoms with E-state index >= 15 is 0 Å². The van der Waals surface area contributed by atoms with E-state index in [0.717, 1.165) is 31.4 Å². The van der Waals surface area contributed by atoms with Gasteiger partial charge >= 0.3 is 0 Å². The quantitative estimate of drug-likeness (QED) is 0.634. The fraction of sp³-hybridized carbons (Fsp3) is 0.923. The van der Waals surface area contributed by atoms with Gasteiger partial charge < -0.3 is 11.1 Å². The van der Waals surface area contributed by atoms with Gasteiger partial charge in [0.05, 0.1) is 6.04 Å². The van der Waals surface area contributed by atoms with Crippen LogP contribution in [0.15, 0.2) is 0 Å². The van der Waals surface area contributed by atoms with Crippen molar-refractivity contribution in [1.82, 2.24) is 5.32 Å². The molecule has 0 saturated carbocycles. The van der Waals surface area contributed by atoms with Crippen molar-refractivity contribution in [2.75, 3.05) is 12.0 Å². The molecule has 1 unspecified atom stereocenters. The lowest BCUT2D eigenvalue weighted by Gasteiger charge is -2.20. The first kappa shape index (κ1) is 16.8. The van der Waals surface area contributed by atoms with Crippen LogP contribution in [0, 0.1) is 0 Å². The summed E-state index contributed by atoms with van der Waals surface area (Å²) in [6.07, 6.45) is 8.38. The Bertz CT molecular complexity index is 200. The van der Waals surface area contributed by atoms with Crippen molar-refractivity contribution >= 4 is 17.7 Å². The fourth-order valence-electron chi connectivity index (χ4n) is 1.77. The number of hydrogen-bond donors (Lipinski definition) is 2. The Kier molecular flexibility index (Phi) is 10.8. The molecule has 0 heterocycles. The molecule has 3 N–H and O–H groups in total. The van der Waals surface area contributed by atoms with E-state index in [2.05, 4.69) is 19.2 Å². The first-order valence-corrected chi connectivity index (χ1v) is 8.09. The van der Waals surface area contributed by atoms with E-state index in [0.29, 0.717) is 6.04 Å². The molecule has 0 bridgehead atoms. The molecule has 2 atom stereocenters. The summed E-state index contributed by atoms with van der Waals surface area (Å²) in [5, 5.41) is 3.09. The molecule has 3 nitrogen and oxygen atoms in total. The van der Waals surface area contributed by atoms with Crippen molar-refractivity contribution in [3.05, 3.63) is 0 Å². The predicted molar refractivity (Wildman–Crippen MR) is 77.3 cm³/mol. The number of hydrogen-bond acceptors (Lipinski definition) is 3.